The van der Waals surface area contributed by atoms with Crippen LogP contribution in [0.15, 0.2) is 43.0 Å². The van der Waals surface area contributed by atoms with Crippen LogP contribution in [0.5, 0.6) is 0 Å². The summed E-state index contributed by atoms with van der Waals surface area (Å²) in [5, 5.41) is 2.64. The number of benzene rings is 1. The number of halogens is 3. The molecular formula is C14H14F3N3. The Morgan fingerprint density at radius 3 is 2.40 bits per heavy atom. The Morgan fingerprint density at radius 2 is 1.90 bits per heavy atom. The second kappa shape index (κ2) is 4.63. The van der Waals surface area contributed by atoms with E-state index >= 15 is 0 Å². The van der Waals surface area contributed by atoms with E-state index in [2.05, 4.69) is 10.3 Å². The van der Waals surface area contributed by atoms with Gasteiger partial charge in [-0.15, -0.1) is 0 Å². The lowest BCUT2D eigenvalue weighted by Crippen LogP contribution is -2.44. The van der Waals surface area contributed by atoms with E-state index < -0.39 is 11.7 Å². The van der Waals surface area contributed by atoms with Gasteiger partial charge in [-0.05, 0) is 30.5 Å². The van der Waals surface area contributed by atoms with E-state index in [9.17, 15) is 13.2 Å². The number of alkyl halides is 3. The minimum absolute atomic E-state index is 0.170. The summed E-state index contributed by atoms with van der Waals surface area (Å²) in [6, 6.07) is 7.39. The third-order valence-corrected chi connectivity index (χ3v) is 3.66. The molecule has 3 rings (SSSR count). The quantitative estimate of drug-likeness (QED) is 0.933. The first kappa shape index (κ1) is 13.2. The molecule has 1 fully saturated rings. The van der Waals surface area contributed by atoms with Crippen molar-refractivity contribution in [2.75, 3.05) is 0 Å². The monoisotopic (exact) mass is 281 g/mol. The molecular weight excluding hydrogens is 267 g/mol. The van der Waals surface area contributed by atoms with Gasteiger partial charge in [0.05, 0.1) is 6.33 Å². The fraction of sp³-hybridized carbons (Fsp3) is 0.357. The molecule has 1 aromatic heterocycles. The molecule has 0 unspecified atom stereocenters. The van der Waals surface area contributed by atoms with Crippen molar-refractivity contribution in [2.45, 2.75) is 31.1 Å². The molecule has 1 saturated carbocycles. The number of nitrogens with one attached hydrogen (secondary N) is 1. The van der Waals surface area contributed by atoms with Gasteiger partial charge in [0.25, 0.3) is 0 Å². The second-order valence-corrected chi connectivity index (χ2v) is 5.07. The number of imidazole rings is 1. The van der Waals surface area contributed by atoms with Gasteiger partial charge in [0, 0.05) is 24.6 Å². The molecule has 20 heavy (non-hydrogen) atoms. The highest BCUT2D eigenvalue weighted by Crippen LogP contribution is 2.49. The van der Waals surface area contributed by atoms with Crippen molar-refractivity contribution in [1.29, 1.82) is 0 Å². The van der Waals surface area contributed by atoms with Gasteiger partial charge in [-0.3, -0.25) is 5.32 Å². The van der Waals surface area contributed by atoms with Crippen molar-refractivity contribution in [1.82, 2.24) is 14.9 Å². The van der Waals surface area contributed by atoms with Crippen LogP contribution in [0.25, 0.3) is 5.69 Å². The minimum Gasteiger partial charge on any atom is -0.306 e. The molecule has 6 heteroatoms. The van der Waals surface area contributed by atoms with Gasteiger partial charge in [-0.1, -0.05) is 12.1 Å². The fourth-order valence-corrected chi connectivity index (χ4v) is 2.15. The third-order valence-electron chi connectivity index (χ3n) is 3.66. The molecule has 2 aromatic rings. The lowest BCUT2D eigenvalue weighted by molar-refractivity contribution is -0.166. The Morgan fingerprint density at radius 1 is 1.20 bits per heavy atom. The summed E-state index contributed by atoms with van der Waals surface area (Å²) < 4.78 is 40.2. The fourth-order valence-electron chi connectivity index (χ4n) is 2.15. The number of hydrogen-bond acceptors (Lipinski definition) is 2. The first-order valence-electron chi connectivity index (χ1n) is 6.39. The summed E-state index contributed by atoms with van der Waals surface area (Å²) in [4.78, 5) is 3.95. The average Bonchev–Trinajstić information content (AvgIpc) is 3.03. The molecule has 1 aliphatic carbocycles. The van der Waals surface area contributed by atoms with Crippen LogP contribution in [0.1, 0.15) is 18.4 Å². The van der Waals surface area contributed by atoms with E-state index in [1.165, 1.54) is 0 Å². The number of hydrogen-bond donors (Lipinski definition) is 1. The van der Waals surface area contributed by atoms with Crippen LogP contribution in [0.2, 0.25) is 0 Å². The van der Waals surface area contributed by atoms with Crippen molar-refractivity contribution in [3.63, 3.8) is 0 Å². The molecule has 1 N–H and O–H groups in total. The predicted molar refractivity (Wildman–Crippen MR) is 68.4 cm³/mol. The lowest BCUT2D eigenvalue weighted by atomic mass is 10.1. The number of nitrogens with zero attached hydrogens (tertiary/aromatic N) is 2. The Bertz CT molecular complexity index is 569. The van der Waals surface area contributed by atoms with E-state index in [4.69, 9.17) is 0 Å². The molecule has 1 aliphatic rings. The van der Waals surface area contributed by atoms with Gasteiger partial charge in [0.15, 0.2) is 0 Å². The second-order valence-electron chi connectivity index (χ2n) is 5.07. The maximum Gasteiger partial charge on any atom is 0.406 e. The Labute approximate surface area is 114 Å². The maximum absolute atomic E-state index is 12.8. The molecule has 0 radical (unpaired) electrons. The molecule has 0 spiro atoms. The Kier molecular flexibility index (Phi) is 3.05. The normalized spacial score (nSPS) is 17.1. The van der Waals surface area contributed by atoms with Crippen LogP contribution in [-0.2, 0) is 6.54 Å². The summed E-state index contributed by atoms with van der Waals surface area (Å²) in [5.41, 5.74) is 0.114. The summed E-state index contributed by atoms with van der Waals surface area (Å²) >= 11 is 0. The maximum atomic E-state index is 12.8. The first-order valence-corrected chi connectivity index (χ1v) is 6.39. The molecule has 1 aromatic carbocycles. The SMILES string of the molecule is FC(F)(F)C1(NCc2ccc(-n3ccnc3)cc2)CC1. The van der Waals surface area contributed by atoms with Crippen molar-refractivity contribution < 1.29 is 13.2 Å². The molecule has 1 heterocycles. The minimum atomic E-state index is -4.16. The standard InChI is InChI=1S/C14H14F3N3/c15-14(16,17)13(5-6-13)19-9-11-1-3-12(4-2-11)20-8-7-18-10-20/h1-4,7-8,10,19H,5-6,9H2. The van der Waals surface area contributed by atoms with Gasteiger partial charge < -0.3 is 4.57 Å². The van der Waals surface area contributed by atoms with Gasteiger partial charge in [-0.25, -0.2) is 4.98 Å². The molecule has 0 aliphatic heterocycles. The first-order chi connectivity index (χ1) is 9.50. The summed E-state index contributed by atoms with van der Waals surface area (Å²) in [5.74, 6) is 0. The highest BCUT2D eigenvalue weighted by Gasteiger charge is 2.62. The summed E-state index contributed by atoms with van der Waals surface area (Å²) in [7, 11) is 0. The van der Waals surface area contributed by atoms with E-state index in [1.54, 1.807) is 12.5 Å². The highest BCUT2D eigenvalue weighted by atomic mass is 19.4. The summed E-state index contributed by atoms with van der Waals surface area (Å²) in [6.07, 6.45) is 1.35. The highest BCUT2D eigenvalue weighted by molar-refractivity contribution is 5.34. The molecule has 3 nitrogen and oxygen atoms in total. The van der Waals surface area contributed by atoms with E-state index in [1.807, 2.05) is 35.0 Å². The third kappa shape index (κ3) is 2.43. The smallest absolute Gasteiger partial charge is 0.306 e. The van der Waals surface area contributed by atoms with Crippen molar-refractivity contribution in [3.8, 4) is 5.69 Å². The zero-order chi connectivity index (χ0) is 14.2. The van der Waals surface area contributed by atoms with Crippen LogP contribution < -0.4 is 5.32 Å². The molecule has 0 saturated heterocycles. The molecule has 106 valence electrons. The molecule has 0 bridgehead atoms. The van der Waals surface area contributed by atoms with Crippen molar-refractivity contribution >= 4 is 0 Å². The van der Waals surface area contributed by atoms with E-state index in [-0.39, 0.29) is 19.4 Å². The zero-order valence-corrected chi connectivity index (χ0v) is 10.7. The van der Waals surface area contributed by atoms with Gasteiger partial charge in [-0.2, -0.15) is 13.2 Å². The molecule has 0 amide bonds. The number of aromatic nitrogens is 2. The molecule has 0 atom stereocenters. The number of rotatable bonds is 4. The Hall–Kier alpha value is -1.82. The van der Waals surface area contributed by atoms with Crippen LogP contribution >= 0.6 is 0 Å². The van der Waals surface area contributed by atoms with E-state index in [0.717, 1.165) is 11.3 Å². The van der Waals surface area contributed by atoms with Crippen LogP contribution in [0.3, 0.4) is 0 Å². The van der Waals surface area contributed by atoms with Gasteiger partial charge >= 0.3 is 6.18 Å². The van der Waals surface area contributed by atoms with Crippen LogP contribution in [0.4, 0.5) is 13.2 Å². The van der Waals surface area contributed by atoms with Crippen LogP contribution in [-0.4, -0.2) is 21.3 Å². The van der Waals surface area contributed by atoms with Crippen molar-refractivity contribution in [2.24, 2.45) is 0 Å². The zero-order valence-electron chi connectivity index (χ0n) is 10.7. The Balaban J connectivity index is 1.65. The van der Waals surface area contributed by atoms with Crippen molar-refractivity contribution in [3.05, 3.63) is 48.5 Å². The summed E-state index contributed by atoms with van der Waals surface area (Å²) in [6.45, 7) is 0.226. The van der Waals surface area contributed by atoms with E-state index in [0.29, 0.717) is 0 Å². The lowest BCUT2D eigenvalue weighted by Gasteiger charge is -2.20. The van der Waals surface area contributed by atoms with Crippen LogP contribution in [0, 0.1) is 0 Å². The topological polar surface area (TPSA) is 29.9 Å². The predicted octanol–water partition coefficient (Wildman–Crippen LogP) is 3.06. The van der Waals surface area contributed by atoms with Gasteiger partial charge in [0.1, 0.15) is 5.54 Å². The largest absolute Gasteiger partial charge is 0.406 e. The van der Waals surface area contributed by atoms with Gasteiger partial charge in [0.2, 0.25) is 0 Å². The average molecular weight is 281 g/mol.